The molecule has 1 aromatic rings. The van der Waals surface area contributed by atoms with Crippen molar-refractivity contribution in [1.29, 1.82) is 0 Å². The van der Waals surface area contributed by atoms with E-state index in [2.05, 4.69) is 22.3 Å². The molecule has 1 saturated heterocycles. The van der Waals surface area contributed by atoms with Crippen LogP contribution in [-0.2, 0) is 14.8 Å². The molecular formula is C17H27N3O3S. The van der Waals surface area contributed by atoms with Gasteiger partial charge in [0.1, 0.15) is 0 Å². The Hall–Kier alpha value is -1.44. The number of benzene rings is 1. The summed E-state index contributed by atoms with van der Waals surface area (Å²) in [6.45, 7) is 5.85. The highest BCUT2D eigenvalue weighted by Gasteiger charge is 2.22. The quantitative estimate of drug-likeness (QED) is 0.728. The second-order valence-electron chi connectivity index (χ2n) is 6.52. The third kappa shape index (κ3) is 4.78. The van der Waals surface area contributed by atoms with Gasteiger partial charge < -0.3 is 10.6 Å². The van der Waals surface area contributed by atoms with Crippen molar-refractivity contribution in [2.75, 3.05) is 25.5 Å². The van der Waals surface area contributed by atoms with Crippen molar-refractivity contribution >= 4 is 21.6 Å². The normalized spacial score (nSPS) is 19.7. The zero-order chi connectivity index (χ0) is 17.7. The van der Waals surface area contributed by atoms with E-state index in [1.165, 1.54) is 13.1 Å². The Labute approximate surface area is 144 Å². The molecule has 1 aliphatic rings. The van der Waals surface area contributed by atoms with Crippen LogP contribution in [0, 0.1) is 18.8 Å². The summed E-state index contributed by atoms with van der Waals surface area (Å²) in [5, 5.41) is 6.19. The number of carbonyl (C=O) groups excluding carboxylic acids is 1. The molecule has 7 heteroatoms. The summed E-state index contributed by atoms with van der Waals surface area (Å²) in [7, 11) is -2.16. The second kappa shape index (κ2) is 8.09. The van der Waals surface area contributed by atoms with Crippen LogP contribution in [0.2, 0.25) is 0 Å². The number of carbonyl (C=O) groups is 1. The van der Waals surface area contributed by atoms with Crippen LogP contribution >= 0.6 is 0 Å². The molecule has 0 spiro atoms. The van der Waals surface area contributed by atoms with Crippen LogP contribution in [0.5, 0.6) is 0 Å². The summed E-state index contributed by atoms with van der Waals surface area (Å²) >= 11 is 0. The van der Waals surface area contributed by atoms with E-state index in [0.717, 1.165) is 25.9 Å². The van der Waals surface area contributed by atoms with Gasteiger partial charge in [-0.25, -0.2) is 13.1 Å². The summed E-state index contributed by atoms with van der Waals surface area (Å²) < 4.78 is 26.3. The number of rotatable bonds is 6. The van der Waals surface area contributed by atoms with Gasteiger partial charge in [0.25, 0.3) is 0 Å². The Balaban J connectivity index is 2.02. The number of sulfonamides is 1. The smallest absolute Gasteiger partial charge is 0.240 e. The first kappa shape index (κ1) is 18.9. The lowest BCUT2D eigenvalue weighted by molar-refractivity contribution is -0.117. The molecule has 1 aliphatic heterocycles. The van der Waals surface area contributed by atoms with Crippen molar-refractivity contribution in [3.05, 3.63) is 23.8 Å². The minimum atomic E-state index is -3.54. The van der Waals surface area contributed by atoms with E-state index in [0.29, 0.717) is 29.5 Å². The average Bonchev–Trinajstić information content (AvgIpc) is 2.57. The van der Waals surface area contributed by atoms with Crippen LogP contribution in [0.3, 0.4) is 0 Å². The van der Waals surface area contributed by atoms with Crippen molar-refractivity contribution in [3.63, 3.8) is 0 Å². The summed E-state index contributed by atoms with van der Waals surface area (Å²) in [6.07, 6.45) is 2.74. The number of nitrogens with one attached hydrogen (secondary N) is 3. The van der Waals surface area contributed by atoms with Gasteiger partial charge in [-0.2, -0.15) is 0 Å². The van der Waals surface area contributed by atoms with Gasteiger partial charge in [0.05, 0.1) is 4.90 Å². The van der Waals surface area contributed by atoms with Crippen LogP contribution in [-0.4, -0.2) is 34.5 Å². The zero-order valence-electron chi connectivity index (χ0n) is 14.6. The highest BCUT2D eigenvalue weighted by atomic mass is 32.2. The Morgan fingerprint density at radius 2 is 2.17 bits per heavy atom. The summed E-state index contributed by atoms with van der Waals surface area (Å²) in [6, 6.07) is 4.94. The molecule has 0 saturated carbocycles. The van der Waals surface area contributed by atoms with Gasteiger partial charge in [0.15, 0.2) is 0 Å². The van der Waals surface area contributed by atoms with E-state index in [-0.39, 0.29) is 10.8 Å². The third-order valence-corrected chi connectivity index (χ3v) is 6.23. The van der Waals surface area contributed by atoms with E-state index in [1.54, 1.807) is 19.1 Å². The fourth-order valence-corrected chi connectivity index (χ4v) is 4.11. The predicted molar refractivity (Wildman–Crippen MR) is 95.4 cm³/mol. The molecular weight excluding hydrogens is 326 g/mol. The van der Waals surface area contributed by atoms with Crippen LogP contribution < -0.4 is 15.4 Å². The van der Waals surface area contributed by atoms with Crippen molar-refractivity contribution in [2.45, 2.75) is 38.0 Å². The standard InChI is InChI=1S/C17H27N3O3S/c1-12-6-7-15(10-16(12)24(22,23)18-3)20-17(21)9-13(2)14-5-4-8-19-11-14/h6-7,10,13-14,18-19H,4-5,8-9,11H2,1-3H3,(H,20,21). The number of hydrogen-bond acceptors (Lipinski definition) is 4. The fraction of sp³-hybridized carbons (Fsp3) is 0.588. The molecule has 6 nitrogen and oxygen atoms in total. The van der Waals surface area contributed by atoms with Crippen molar-refractivity contribution in [2.24, 2.45) is 11.8 Å². The summed E-state index contributed by atoms with van der Waals surface area (Å²) in [5.74, 6) is 0.733. The highest BCUT2D eigenvalue weighted by Crippen LogP contribution is 2.24. The maximum absolute atomic E-state index is 12.3. The van der Waals surface area contributed by atoms with Crippen LogP contribution in [0.1, 0.15) is 31.7 Å². The lowest BCUT2D eigenvalue weighted by Crippen LogP contribution is -2.34. The van der Waals surface area contributed by atoms with Crippen LogP contribution in [0.4, 0.5) is 5.69 Å². The molecule has 0 bridgehead atoms. The summed E-state index contributed by atoms with van der Waals surface area (Å²) in [4.78, 5) is 12.5. The number of aryl methyl sites for hydroxylation is 1. The molecule has 0 radical (unpaired) electrons. The lowest BCUT2D eigenvalue weighted by Gasteiger charge is -2.28. The minimum absolute atomic E-state index is 0.0790. The molecule has 2 unspecified atom stereocenters. The molecule has 0 aliphatic carbocycles. The van der Waals surface area contributed by atoms with Gasteiger partial charge in [-0.3, -0.25) is 4.79 Å². The van der Waals surface area contributed by atoms with Crippen molar-refractivity contribution < 1.29 is 13.2 Å². The highest BCUT2D eigenvalue weighted by molar-refractivity contribution is 7.89. The lowest BCUT2D eigenvalue weighted by atomic mass is 9.85. The van der Waals surface area contributed by atoms with E-state index >= 15 is 0 Å². The first-order valence-electron chi connectivity index (χ1n) is 8.38. The maximum atomic E-state index is 12.3. The molecule has 1 aromatic carbocycles. The van der Waals surface area contributed by atoms with Crippen molar-refractivity contribution in [3.8, 4) is 0 Å². The molecule has 0 aromatic heterocycles. The van der Waals surface area contributed by atoms with Gasteiger partial charge >= 0.3 is 0 Å². The number of anilines is 1. The Bertz CT molecular complexity index is 682. The minimum Gasteiger partial charge on any atom is -0.326 e. The zero-order valence-corrected chi connectivity index (χ0v) is 15.4. The Morgan fingerprint density at radius 1 is 1.42 bits per heavy atom. The summed E-state index contributed by atoms with van der Waals surface area (Å²) in [5.41, 5.74) is 1.15. The Kier molecular flexibility index (Phi) is 6.37. The van der Waals surface area contributed by atoms with E-state index in [4.69, 9.17) is 0 Å². The molecule has 2 atom stereocenters. The molecule has 2 rings (SSSR count). The topological polar surface area (TPSA) is 87.3 Å². The van der Waals surface area contributed by atoms with Gasteiger partial charge in [0.2, 0.25) is 15.9 Å². The molecule has 1 fully saturated rings. The van der Waals surface area contributed by atoms with E-state index in [9.17, 15) is 13.2 Å². The van der Waals surface area contributed by atoms with E-state index in [1.807, 2.05) is 0 Å². The molecule has 3 N–H and O–H groups in total. The first-order valence-corrected chi connectivity index (χ1v) is 9.86. The third-order valence-electron chi connectivity index (χ3n) is 4.68. The van der Waals surface area contributed by atoms with Crippen LogP contribution in [0.25, 0.3) is 0 Å². The Morgan fingerprint density at radius 3 is 2.79 bits per heavy atom. The number of amides is 1. The molecule has 1 heterocycles. The average molecular weight is 353 g/mol. The predicted octanol–water partition coefficient (Wildman–Crippen LogP) is 1.87. The maximum Gasteiger partial charge on any atom is 0.240 e. The SMILES string of the molecule is CNS(=O)(=O)c1cc(NC(=O)CC(C)C2CCCNC2)ccc1C. The van der Waals surface area contributed by atoms with Gasteiger partial charge in [-0.1, -0.05) is 13.0 Å². The van der Waals surface area contributed by atoms with E-state index < -0.39 is 10.0 Å². The number of piperidine rings is 1. The largest absolute Gasteiger partial charge is 0.326 e. The van der Waals surface area contributed by atoms with Crippen molar-refractivity contribution in [1.82, 2.24) is 10.0 Å². The molecule has 134 valence electrons. The monoisotopic (exact) mass is 353 g/mol. The molecule has 24 heavy (non-hydrogen) atoms. The number of hydrogen-bond donors (Lipinski definition) is 3. The fourth-order valence-electron chi connectivity index (χ4n) is 3.11. The second-order valence-corrected chi connectivity index (χ2v) is 8.38. The van der Waals surface area contributed by atoms with Gasteiger partial charge in [-0.15, -0.1) is 0 Å². The molecule has 1 amide bonds. The van der Waals surface area contributed by atoms with Crippen LogP contribution in [0.15, 0.2) is 23.1 Å². The first-order chi connectivity index (χ1) is 11.3. The van der Waals surface area contributed by atoms with Gasteiger partial charge in [0, 0.05) is 12.1 Å². The van der Waals surface area contributed by atoms with Gasteiger partial charge in [-0.05, 0) is 69.4 Å².